The summed E-state index contributed by atoms with van der Waals surface area (Å²) in [6.07, 6.45) is 5.65. The molecule has 0 saturated carbocycles. The van der Waals surface area contributed by atoms with Crippen LogP contribution in [0, 0.1) is 5.92 Å². The predicted molar refractivity (Wildman–Crippen MR) is 106 cm³/mol. The molecule has 0 aliphatic carbocycles. The van der Waals surface area contributed by atoms with Crippen molar-refractivity contribution in [3.63, 3.8) is 0 Å². The Morgan fingerprint density at radius 3 is 2.61 bits per heavy atom. The quantitative estimate of drug-likeness (QED) is 0.634. The van der Waals surface area contributed by atoms with Crippen LogP contribution in [0.5, 0.6) is 0 Å². The zero-order valence-electron chi connectivity index (χ0n) is 16.1. The summed E-state index contributed by atoms with van der Waals surface area (Å²) in [5.74, 6) is 1.73. The minimum absolute atomic E-state index is 0.250. The van der Waals surface area contributed by atoms with Crippen molar-refractivity contribution >= 4 is 17.8 Å². The van der Waals surface area contributed by atoms with E-state index in [1.54, 1.807) is 18.3 Å². The van der Waals surface area contributed by atoms with Gasteiger partial charge in [-0.1, -0.05) is 13.0 Å². The number of carbonyl (C=O) groups excluding carboxylic acids is 2. The second-order valence-corrected chi connectivity index (χ2v) is 7.04. The van der Waals surface area contributed by atoms with E-state index in [4.69, 9.17) is 4.42 Å². The molecule has 1 fully saturated rings. The van der Waals surface area contributed by atoms with Gasteiger partial charge in [0.1, 0.15) is 5.82 Å². The van der Waals surface area contributed by atoms with Crippen molar-refractivity contribution in [2.24, 2.45) is 5.92 Å². The molecule has 3 N–H and O–H groups in total. The van der Waals surface area contributed by atoms with Gasteiger partial charge in [0.15, 0.2) is 5.76 Å². The first-order chi connectivity index (χ1) is 13.6. The normalized spacial score (nSPS) is 14.5. The molecule has 8 heteroatoms. The van der Waals surface area contributed by atoms with Crippen LogP contribution >= 0.6 is 0 Å². The number of urea groups is 1. The maximum absolute atomic E-state index is 11.9. The van der Waals surface area contributed by atoms with E-state index in [9.17, 15) is 9.59 Å². The maximum Gasteiger partial charge on any atom is 0.315 e. The average molecular weight is 385 g/mol. The third kappa shape index (κ3) is 5.73. The van der Waals surface area contributed by atoms with Gasteiger partial charge < -0.3 is 25.3 Å². The third-order valence-electron chi connectivity index (χ3n) is 4.81. The van der Waals surface area contributed by atoms with E-state index in [1.807, 2.05) is 12.1 Å². The number of hydrogen-bond acceptors (Lipinski definition) is 5. The molecule has 3 heterocycles. The standard InChI is InChI=1S/C20H27N5O3/c1-15-6-10-25(11-7-15)18-5-4-16(13-23-18)14-24-20(27)22-9-8-21-19(26)17-3-2-12-28-17/h2-5,12-13,15H,6-11,14H2,1H3,(H,21,26)(H2,22,24,27). The third-order valence-corrected chi connectivity index (χ3v) is 4.81. The van der Waals surface area contributed by atoms with Gasteiger partial charge in [0, 0.05) is 38.9 Å². The van der Waals surface area contributed by atoms with Crippen LogP contribution in [0.3, 0.4) is 0 Å². The van der Waals surface area contributed by atoms with Crippen LogP contribution in [-0.2, 0) is 6.54 Å². The highest BCUT2D eigenvalue weighted by atomic mass is 16.3. The lowest BCUT2D eigenvalue weighted by molar-refractivity contribution is 0.0926. The van der Waals surface area contributed by atoms with Crippen molar-refractivity contribution in [2.75, 3.05) is 31.1 Å². The van der Waals surface area contributed by atoms with Crippen molar-refractivity contribution < 1.29 is 14.0 Å². The lowest BCUT2D eigenvalue weighted by Crippen LogP contribution is -2.40. The number of amides is 3. The second kappa shape index (κ2) is 9.77. The molecule has 0 aromatic carbocycles. The van der Waals surface area contributed by atoms with Gasteiger partial charge in [0.2, 0.25) is 0 Å². The minimum Gasteiger partial charge on any atom is -0.459 e. The summed E-state index contributed by atoms with van der Waals surface area (Å²) in [4.78, 5) is 30.4. The Labute approximate surface area is 164 Å². The summed E-state index contributed by atoms with van der Waals surface area (Å²) < 4.78 is 4.99. The average Bonchev–Trinajstić information content (AvgIpc) is 3.25. The smallest absolute Gasteiger partial charge is 0.315 e. The summed E-state index contributed by atoms with van der Waals surface area (Å²) in [7, 11) is 0. The second-order valence-electron chi connectivity index (χ2n) is 7.04. The van der Waals surface area contributed by atoms with Crippen molar-refractivity contribution in [3.05, 3.63) is 48.0 Å². The van der Waals surface area contributed by atoms with Crippen molar-refractivity contribution in [1.29, 1.82) is 0 Å². The van der Waals surface area contributed by atoms with Crippen molar-refractivity contribution in [3.8, 4) is 0 Å². The summed E-state index contributed by atoms with van der Waals surface area (Å²) in [5.41, 5.74) is 0.940. The number of carbonyl (C=O) groups is 2. The van der Waals surface area contributed by atoms with Gasteiger partial charge in [-0.3, -0.25) is 4.79 Å². The molecule has 28 heavy (non-hydrogen) atoms. The van der Waals surface area contributed by atoms with E-state index in [1.165, 1.54) is 19.1 Å². The Bertz CT molecular complexity index is 753. The van der Waals surface area contributed by atoms with Crippen LogP contribution in [0.15, 0.2) is 41.1 Å². The largest absolute Gasteiger partial charge is 0.459 e. The first-order valence-corrected chi connectivity index (χ1v) is 9.65. The number of nitrogens with zero attached hydrogens (tertiary/aromatic N) is 2. The van der Waals surface area contributed by atoms with Crippen LogP contribution in [0.1, 0.15) is 35.9 Å². The van der Waals surface area contributed by atoms with Crippen LogP contribution in [0.25, 0.3) is 0 Å². The van der Waals surface area contributed by atoms with Crippen molar-refractivity contribution in [2.45, 2.75) is 26.3 Å². The van der Waals surface area contributed by atoms with E-state index >= 15 is 0 Å². The number of furan rings is 1. The zero-order chi connectivity index (χ0) is 19.8. The molecule has 3 amide bonds. The monoisotopic (exact) mass is 385 g/mol. The molecule has 2 aromatic rings. The first-order valence-electron chi connectivity index (χ1n) is 9.65. The number of hydrogen-bond donors (Lipinski definition) is 3. The van der Waals surface area contributed by atoms with Crippen LogP contribution in [0.4, 0.5) is 10.6 Å². The summed E-state index contributed by atoms with van der Waals surface area (Å²) in [6, 6.07) is 6.94. The molecular weight excluding hydrogens is 358 g/mol. The Balaban J connectivity index is 1.32. The first kappa shape index (κ1) is 19.7. The maximum atomic E-state index is 11.9. The van der Waals surface area contributed by atoms with Crippen molar-refractivity contribution in [1.82, 2.24) is 20.9 Å². The highest BCUT2D eigenvalue weighted by Crippen LogP contribution is 2.21. The molecule has 0 spiro atoms. The summed E-state index contributed by atoms with van der Waals surface area (Å²) in [6.45, 7) is 5.42. The van der Waals surface area contributed by atoms with Gasteiger partial charge >= 0.3 is 6.03 Å². The molecule has 3 rings (SSSR count). The lowest BCUT2D eigenvalue weighted by atomic mass is 9.99. The molecule has 0 radical (unpaired) electrons. The topological polar surface area (TPSA) is 99.5 Å². The zero-order valence-corrected chi connectivity index (χ0v) is 16.1. The molecule has 0 unspecified atom stereocenters. The minimum atomic E-state index is -0.304. The number of pyridine rings is 1. The number of nitrogens with one attached hydrogen (secondary N) is 3. The number of piperidine rings is 1. The molecule has 150 valence electrons. The predicted octanol–water partition coefficient (Wildman–Crippen LogP) is 2.14. The SMILES string of the molecule is CC1CCN(c2ccc(CNC(=O)NCCNC(=O)c3ccco3)cn2)CC1. The van der Waals surface area contributed by atoms with E-state index in [2.05, 4.69) is 32.8 Å². The van der Waals surface area contributed by atoms with Crippen LogP contribution in [-0.4, -0.2) is 43.1 Å². The number of rotatable bonds is 7. The molecule has 1 aliphatic heterocycles. The fourth-order valence-corrected chi connectivity index (χ4v) is 3.04. The van der Waals surface area contributed by atoms with Gasteiger partial charge in [-0.25, -0.2) is 9.78 Å². The van der Waals surface area contributed by atoms with Gasteiger partial charge in [0.05, 0.1) is 6.26 Å². The van der Waals surface area contributed by atoms with Crippen LogP contribution in [0.2, 0.25) is 0 Å². The van der Waals surface area contributed by atoms with Gasteiger partial charge in [-0.05, 0) is 42.5 Å². The fourth-order valence-electron chi connectivity index (χ4n) is 3.04. The molecular formula is C20H27N5O3. The molecule has 0 bridgehead atoms. The molecule has 1 saturated heterocycles. The Kier molecular flexibility index (Phi) is 6.89. The summed E-state index contributed by atoms with van der Waals surface area (Å²) >= 11 is 0. The van der Waals surface area contributed by atoms with E-state index in [0.29, 0.717) is 19.6 Å². The Hall–Kier alpha value is -3.03. The van der Waals surface area contributed by atoms with E-state index < -0.39 is 0 Å². The highest BCUT2D eigenvalue weighted by Gasteiger charge is 2.16. The Morgan fingerprint density at radius 1 is 1.14 bits per heavy atom. The molecule has 2 aromatic heterocycles. The summed E-state index contributed by atoms with van der Waals surface area (Å²) in [5, 5.41) is 8.15. The van der Waals surface area contributed by atoms with Gasteiger partial charge in [0.25, 0.3) is 5.91 Å². The lowest BCUT2D eigenvalue weighted by Gasteiger charge is -2.31. The Morgan fingerprint density at radius 2 is 1.93 bits per heavy atom. The number of aromatic nitrogens is 1. The van der Waals surface area contributed by atoms with E-state index in [-0.39, 0.29) is 17.7 Å². The van der Waals surface area contributed by atoms with Crippen LogP contribution < -0.4 is 20.9 Å². The highest BCUT2D eigenvalue weighted by molar-refractivity contribution is 5.91. The van der Waals surface area contributed by atoms with E-state index in [0.717, 1.165) is 30.4 Å². The van der Waals surface area contributed by atoms with Gasteiger partial charge in [-0.15, -0.1) is 0 Å². The van der Waals surface area contributed by atoms with Gasteiger partial charge in [-0.2, -0.15) is 0 Å². The number of anilines is 1. The molecule has 0 atom stereocenters. The molecule has 8 nitrogen and oxygen atoms in total. The molecule has 1 aliphatic rings. The fraction of sp³-hybridized carbons (Fsp3) is 0.450.